The predicted molar refractivity (Wildman–Crippen MR) is 102 cm³/mol. The van der Waals surface area contributed by atoms with Gasteiger partial charge in [0.05, 0.1) is 0 Å². The summed E-state index contributed by atoms with van der Waals surface area (Å²) in [6.45, 7) is 7.51. The Kier molecular flexibility index (Phi) is 11.7. The Morgan fingerprint density at radius 1 is 1.40 bits per heavy atom. The van der Waals surface area contributed by atoms with Crippen LogP contribution in [-0.4, -0.2) is 31.1 Å². The molecule has 0 unspecified atom stereocenters. The highest BCUT2D eigenvalue weighted by Gasteiger charge is 1.98. The molecule has 0 amide bonds. The van der Waals surface area contributed by atoms with E-state index in [-0.39, 0.29) is 24.0 Å². The van der Waals surface area contributed by atoms with E-state index in [1.54, 1.807) is 7.05 Å². The fourth-order valence-electron chi connectivity index (χ4n) is 1.64. The van der Waals surface area contributed by atoms with E-state index in [4.69, 9.17) is 0 Å². The van der Waals surface area contributed by atoms with Crippen molar-refractivity contribution in [2.75, 3.05) is 25.1 Å². The highest BCUT2D eigenvalue weighted by molar-refractivity contribution is 14.0. The molecule has 3 nitrogen and oxygen atoms in total. The van der Waals surface area contributed by atoms with Crippen LogP contribution in [0.3, 0.4) is 0 Å². The number of rotatable bonds is 7. The predicted octanol–water partition coefficient (Wildman–Crippen LogP) is 3.20. The Bertz CT molecular complexity index is 421. The van der Waals surface area contributed by atoms with Gasteiger partial charge in [0.2, 0.25) is 0 Å². The molecule has 20 heavy (non-hydrogen) atoms. The number of aryl methyl sites for hydroxylation is 1. The summed E-state index contributed by atoms with van der Waals surface area (Å²) in [4.78, 5) is 4.21. The molecular formula is C15H24IN3S. The molecule has 1 rings (SSSR count). The molecule has 2 N–H and O–H groups in total. The van der Waals surface area contributed by atoms with E-state index >= 15 is 0 Å². The Morgan fingerprint density at radius 2 is 2.20 bits per heavy atom. The fraction of sp³-hybridized carbons (Fsp3) is 0.400. The van der Waals surface area contributed by atoms with Crippen molar-refractivity contribution in [1.82, 2.24) is 10.6 Å². The average molecular weight is 405 g/mol. The third-order valence-corrected chi connectivity index (χ3v) is 3.50. The summed E-state index contributed by atoms with van der Waals surface area (Å²) in [7, 11) is 1.79. The zero-order valence-corrected chi connectivity index (χ0v) is 15.3. The summed E-state index contributed by atoms with van der Waals surface area (Å²) >= 11 is 1.86. The van der Waals surface area contributed by atoms with Crippen LogP contribution >= 0.6 is 35.7 Å². The maximum atomic E-state index is 4.21. The van der Waals surface area contributed by atoms with Crippen LogP contribution in [0.15, 0.2) is 41.9 Å². The molecule has 0 saturated carbocycles. The molecule has 0 aromatic heterocycles. The van der Waals surface area contributed by atoms with E-state index < -0.39 is 0 Å². The molecule has 1 aromatic rings. The minimum atomic E-state index is 0. The van der Waals surface area contributed by atoms with Crippen LogP contribution in [0, 0.1) is 6.92 Å². The third-order valence-electron chi connectivity index (χ3n) is 2.54. The molecule has 0 radical (unpaired) electrons. The van der Waals surface area contributed by atoms with Crippen molar-refractivity contribution in [3.05, 3.63) is 48.0 Å². The zero-order valence-electron chi connectivity index (χ0n) is 12.2. The maximum Gasteiger partial charge on any atom is 0.191 e. The number of nitrogens with one attached hydrogen (secondary N) is 2. The Morgan fingerprint density at radius 3 is 2.85 bits per heavy atom. The first-order valence-corrected chi connectivity index (χ1v) is 7.60. The second-order valence-electron chi connectivity index (χ2n) is 4.21. The minimum Gasteiger partial charge on any atom is -0.356 e. The SMILES string of the molecule is C=CCSCCNC(=NC)NCc1cccc(C)c1.I. The molecule has 0 heterocycles. The van der Waals surface area contributed by atoms with Gasteiger partial charge in [0, 0.05) is 31.6 Å². The fourth-order valence-corrected chi connectivity index (χ4v) is 2.22. The van der Waals surface area contributed by atoms with E-state index in [1.807, 2.05) is 17.8 Å². The molecule has 0 fully saturated rings. The highest BCUT2D eigenvalue weighted by Crippen LogP contribution is 2.03. The van der Waals surface area contributed by atoms with Crippen LogP contribution in [-0.2, 0) is 6.54 Å². The van der Waals surface area contributed by atoms with Crippen LogP contribution < -0.4 is 10.6 Å². The molecule has 0 aliphatic carbocycles. The standard InChI is InChI=1S/C15H23N3S.HI/c1-4-9-19-10-8-17-15(16-3)18-12-14-7-5-6-13(2)11-14;/h4-7,11H,1,8-10,12H2,2-3H3,(H2,16,17,18);1H. The summed E-state index contributed by atoms with van der Waals surface area (Å²) in [5.74, 6) is 2.90. The van der Waals surface area contributed by atoms with Gasteiger partial charge in [0.1, 0.15) is 0 Å². The smallest absolute Gasteiger partial charge is 0.191 e. The van der Waals surface area contributed by atoms with Gasteiger partial charge in [0.25, 0.3) is 0 Å². The zero-order chi connectivity index (χ0) is 13.9. The van der Waals surface area contributed by atoms with Gasteiger partial charge in [-0.3, -0.25) is 4.99 Å². The molecule has 112 valence electrons. The van der Waals surface area contributed by atoms with Crippen molar-refractivity contribution in [1.29, 1.82) is 0 Å². The molecule has 0 aliphatic heterocycles. The van der Waals surface area contributed by atoms with E-state index in [0.717, 1.165) is 30.6 Å². The number of thioether (sulfide) groups is 1. The van der Waals surface area contributed by atoms with Gasteiger partial charge in [-0.05, 0) is 12.5 Å². The monoisotopic (exact) mass is 405 g/mol. The lowest BCUT2D eigenvalue weighted by Gasteiger charge is -2.11. The van der Waals surface area contributed by atoms with Crippen LogP contribution in [0.5, 0.6) is 0 Å². The largest absolute Gasteiger partial charge is 0.356 e. The summed E-state index contributed by atoms with van der Waals surface area (Å²) in [6, 6.07) is 8.48. The van der Waals surface area contributed by atoms with Crippen LogP contribution in [0.2, 0.25) is 0 Å². The maximum absolute atomic E-state index is 4.21. The van der Waals surface area contributed by atoms with Gasteiger partial charge in [-0.1, -0.05) is 35.9 Å². The first-order chi connectivity index (χ1) is 9.26. The van der Waals surface area contributed by atoms with Crippen molar-refractivity contribution < 1.29 is 0 Å². The van der Waals surface area contributed by atoms with Crippen molar-refractivity contribution in [3.63, 3.8) is 0 Å². The Hall–Kier alpha value is -0.690. The summed E-state index contributed by atoms with van der Waals surface area (Å²) in [6.07, 6.45) is 1.93. The molecule has 0 bridgehead atoms. The van der Waals surface area contributed by atoms with Crippen LogP contribution in [0.25, 0.3) is 0 Å². The van der Waals surface area contributed by atoms with Crippen molar-refractivity contribution in [2.24, 2.45) is 4.99 Å². The van der Waals surface area contributed by atoms with Crippen LogP contribution in [0.4, 0.5) is 0 Å². The molecule has 5 heteroatoms. The number of halogens is 1. The number of aliphatic imine (C=N–C) groups is 1. The molecule has 0 aliphatic rings. The molecule has 0 spiro atoms. The van der Waals surface area contributed by atoms with Gasteiger partial charge < -0.3 is 10.6 Å². The number of benzene rings is 1. The van der Waals surface area contributed by atoms with Crippen molar-refractivity contribution >= 4 is 41.7 Å². The third kappa shape index (κ3) is 8.47. The molecule has 1 aromatic carbocycles. The first kappa shape index (κ1) is 19.3. The van der Waals surface area contributed by atoms with Gasteiger partial charge in [0.15, 0.2) is 5.96 Å². The summed E-state index contributed by atoms with van der Waals surface area (Å²) in [5.41, 5.74) is 2.55. The lowest BCUT2D eigenvalue weighted by molar-refractivity contribution is 0.832. The van der Waals surface area contributed by atoms with E-state index in [0.29, 0.717) is 0 Å². The second-order valence-corrected chi connectivity index (χ2v) is 5.36. The normalized spacial score (nSPS) is 10.6. The Labute approximate surface area is 143 Å². The lowest BCUT2D eigenvalue weighted by Crippen LogP contribution is -2.37. The molecular weight excluding hydrogens is 381 g/mol. The molecule has 0 saturated heterocycles. The summed E-state index contributed by atoms with van der Waals surface area (Å²) < 4.78 is 0. The number of hydrogen-bond acceptors (Lipinski definition) is 2. The quantitative estimate of drug-likeness (QED) is 0.241. The van der Waals surface area contributed by atoms with E-state index in [2.05, 4.69) is 53.4 Å². The number of nitrogens with zero attached hydrogens (tertiary/aromatic N) is 1. The van der Waals surface area contributed by atoms with Crippen molar-refractivity contribution in [2.45, 2.75) is 13.5 Å². The number of guanidine groups is 1. The van der Waals surface area contributed by atoms with E-state index in [9.17, 15) is 0 Å². The topological polar surface area (TPSA) is 36.4 Å². The molecule has 0 atom stereocenters. The van der Waals surface area contributed by atoms with Crippen molar-refractivity contribution in [3.8, 4) is 0 Å². The highest BCUT2D eigenvalue weighted by atomic mass is 127. The van der Waals surface area contributed by atoms with Crippen LogP contribution in [0.1, 0.15) is 11.1 Å². The van der Waals surface area contributed by atoms with Gasteiger partial charge in [-0.15, -0.1) is 30.6 Å². The summed E-state index contributed by atoms with van der Waals surface area (Å²) in [5, 5.41) is 6.61. The first-order valence-electron chi connectivity index (χ1n) is 6.45. The second kappa shape index (κ2) is 12.1. The van der Waals surface area contributed by atoms with Gasteiger partial charge >= 0.3 is 0 Å². The lowest BCUT2D eigenvalue weighted by atomic mass is 10.1. The Balaban J connectivity index is 0.00000361. The van der Waals surface area contributed by atoms with E-state index in [1.165, 1.54) is 11.1 Å². The van der Waals surface area contributed by atoms with Gasteiger partial charge in [-0.2, -0.15) is 11.8 Å². The minimum absolute atomic E-state index is 0. The van der Waals surface area contributed by atoms with Gasteiger partial charge in [-0.25, -0.2) is 0 Å². The average Bonchev–Trinajstić information content (AvgIpc) is 2.42. The number of hydrogen-bond donors (Lipinski definition) is 2.